The zero-order valence-electron chi connectivity index (χ0n) is 11.9. The number of Topliss-reactive ketones (excluding diaryl/α,β-unsaturated/α-hetero) is 1. The van der Waals surface area contributed by atoms with Crippen LogP contribution in [0.3, 0.4) is 0 Å². The van der Waals surface area contributed by atoms with Crippen molar-refractivity contribution in [2.75, 3.05) is 0 Å². The van der Waals surface area contributed by atoms with E-state index in [1.54, 1.807) is 0 Å². The van der Waals surface area contributed by atoms with E-state index in [1.165, 1.54) is 32.1 Å². The second-order valence-electron chi connectivity index (χ2n) is 6.11. The minimum absolute atomic E-state index is 0.00942. The number of hydrogen-bond donors (Lipinski definition) is 1. The normalized spacial score (nSPS) is 27.1. The third kappa shape index (κ3) is 3.01. The van der Waals surface area contributed by atoms with E-state index in [1.807, 2.05) is 24.4 Å². The Morgan fingerprint density at radius 1 is 1.30 bits per heavy atom. The molecule has 2 N–H and O–H groups in total. The number of allylic oxidation sites excluding steroid dienone is 1. The van der Waals surface area contributed by atoms with E-state index >= 15 is 0 Å². The standard InChI is InChI=1S/C16H23N3O/c17-13-7-6-12(10-13)16(20)11-14-8-9-19(18-14)15-4-2-1-3-5-15/h6-9,12-13,15H,1-5,10-11,17H2. The molecule has 2 aliphatic rings. The van der Waals surface area contributed by atoms with Gasteiger partial charge in [-0.3, -0.25) is 9.48 Å². The lowest BCUT2D eigenvalue weighted by atomic mass is 9.96. The molecule has 3 rings (SSSR count). The first kappa shape index (κ1) is 13.6. The molecule has 0 spiro atoms. The summed E-state index contributed by atoms with van der Waals surface area (Å²) in [6.07, 6.45) is 13.5. The van der Waals surface area contributed by atoms with Gasteiger partial charge in [0.2, 0.25) is 0 Å². The number of hydrogen-bond acceptors (Lipinski definition) is 3. The molecule has 0 aliphatic heterocycles. The summed E-state index contributed by atoms with van der Waals surface area (Å²) in [5, 5.41) is 4.60. The Hall–Kier alpha value is -1.42. The van der Waals surface area contributed by atoms with Gasteiger partial charge in [-0.25, -0.2) is 0 Å². The van der Waals surface area contributed by atoms with E-state index in [-0.39, 0.29) is 17.7 Å². The van der Waals surface area contributed by atoms with Crippen molar-refractivity contribution >= 4 is 5.78 Å². The molecule has 1 aromatic rings. The van der Waals surface area contributed by atoms with E-state index in [0.29, 0.717) is 12.5 Å². The highest BCUT2D eigenvalue weighted by Gasteiger charge is 2.23. The summed E-state index contributed by atoms with van der Waals surface area (Å²) in [4.78, 5) is 12.2. The molecule has 0 radical (unpaired) electrons. The highest BCUT2D eigenvalue weighted by molar-refractivity contribution is 5.85. The molecule has 4 nitrogen and oxygen atoms in total. The third-order valence-corrected chi connectivity index (χ3v) is 4.50. The van der Waals surface area contributed by atoms with Crippen molar-refractivity contribution in [2.45, 2.75) is 57.0 Å². The van der Waals surface area contributed by atoms with Gasteiger partial charge in [0.15, 0.2) is 0 Å². The first-order valence-corrected chi connectivity index (χ1v) is 7.73. The Kier molecular flexibility index (Phi) is 4.01. The first-order valence-electron chi connectivity index (χ1n) is 7.73. The van der Waals surface area contributed by atoms with Crippen molar-refractivity contribution in [3.63, 3.8) is 0 Å². The molecule has 2 unspecified atom stereocenters. The molecule has 0 bridgehead atoms. The van der Waals surface area contributed by atoms with Gasteiger partial charge in [0.25, 0.3) is 0 Å². The molecule has 108 valence electrons. The highest BCUT2D eigenvalue weighted by Crippen LogP contribution is 2.27. The number of rotatable bonds is 4. The summed E-state index contributed by atoms with van der Waals surface area (Å²) >= 11 is 0. The number of carbonyl (C=O) groups excluding carboxylic acids is 1. The Morgan fingerprint density at radius 2 is 2.10 bits per heavy atom. The van der Waals surface area contributed by atoms with Crippen LogP contribution in [-0.2, 0) is 11.2 Å². The maximum atomic E-state index is 12.2. The predicted molar refractivity (Wildman–Crippen MR) is 78.3 cm³/mol. The molecule has 1 fully saturated rings. The molecule has 0 aromatic carbocycles. The fourth-order valence-electron chi connectivity index (χ4n) is 3.30. The van der Waals surface area contributed by atoms with Gasteiger partial charge in [-0.1, -0.05) is 31.4 Å². The van der Waals surface area contributed by atoms with E-state index in [9.17, 15) is 4.79 Å². The van der Waals surface area contributed by atoms with Crippen LogP contribution in [-0.4, -0.2) is 21.6 Å². The van der Waals surface area contributed by atoms with Crippen LogP contribution in [0.15, 0.2) is 24.4 Å². The van der Waals surface area contributed by atoms with Crippen molar-refractivity contribution in [3.8, 4) is 0 Å². The van der Waals surface area contributed by atoms with Gasteiger partial charge in [0, 0.05) is 18.2 Å². The van der Waals surface area contributed by atoms with Gasteiger partial charge in [-0.15, -0.1) is 0 Å². The van der Waals surface area contributed by atoms with Crippen molar-refractivity contribution in [1.82, 2.24) is 9.78 Å². The lowest BCUT2D eigenvalue weighted by Crippen LogP contribution is -2.20. The fourth-order valence-corrected chi connectivity index (χ4v) is 3.30. The monoisotopic (exact) mass is 273 g/mol. The maximum absolute atomic E-state index is 12.2. The van der Waals surface area contributed by atoms with Crippen LogP contribution >= 0.6 is 0 Å². The van der Waals surface area contributed by atoms with E-state index in [0.717, 1.165) is 12.1 Å². The smallest absolute Gasteiger partial charge is 0.145 e. The van der Waals surface area contributed by atoms with Crippen LogP contribution in [0.25, 0.3) is 0 Å². The molecule has 0 saturated heterocycles. The Balaban J connectivity index is 1.59. The molecule has 1 heterocycles. The Labute approximate surface area is 120 Å². The molecular weight excluding hydrogens is 250 g/mol. The largest absolute Gasteiger partial charge is 0.324 e. The minimum Gasteiger partial charge on any atom is -0.324 e. The summed E-state index contributed by atoms with van der Waals surface area (Å²) < 4.78 is 2.07. The summed E-state index contributed by atoms with van der Waals surface area (Å²) in [7, 11) is 0. The molecule has 2 atom stereocenters. The van der Waals surface area contributed by atoms with Crippen LogP contribution in [0.4, 0.5) is 0 Å². The van der Waals surface area contributed by atoms with Gasteiger partial charge >= 0.3 is 0 Å². The average Bonchev–Trinajstić information content (AvgIpc) is 3.09. The SMILES string of the molecule is NC1C=CC(C(=O)Cc2ccn(C3CCCCC3)n2)C1. The predicted octanol–water partition coefficient (Wildman–Crippen LogP) is 2.40. The first-order chi connectivity index (χ1) is 9.72. The van der Waals surface area contributed by atoms with Crippen LogP contribution in [0, 0.1) is 5.92 Å². The fraction of sp³-hybridized carbons (Fsp3) is 0.625. The lowest BCUT2D eigenvalue weighted by molar-refractivity contribution is -0.120. The van der Waals surface area contributed by atoms with Crippen LogP contribution < -0.4 is 5.73 Å². The van der Waals surface area contributed by atoms with E-state index in [2.05, 4.69) is 9.78 Å². The second kappa shape index (κ2) is 5.92. The minimum atomic E-state index is -0.00942. The molecule has 20 heavy (non-hydrogen) atoms. The lowest BCUT2D eigenvalue weighted by Gasteiger charge is -2.21. The summed E-state index contributed by atoms with van der Waals surface area (Å²) in [5.74, 6) is 0.230. The summed E-state index contributed by atoms with van der Waals surface area (Å²) in [5.41, 5.74) is 6.70. The molecule has 2 aliphatic carbocycles. The quantitative estimate of drug-likeness (QED) is 0.857. The van der Waals surface area contributed by atoms with Gasteiger partial charge in [-0.05, 0) is 25.3 Å². The topological polar surface area (TPSA) is 60.9 Å². The molecule has 1 saturated carbocycles. The van der Waals surface area contributed by atoms with E-state index in [4.69, 9.17) is 5.73 Å². The third-order valence-electron chi connectivity index (χ3n) is 4.50. The van der Waals surface area contributed by atoms with Gasteiger partial charge < -0.3 is 5.73 Å². The zero-order valence-corrected chi connectivity index (χ0v) is 11.9. The van der Waals surface area contributed by atoms with Gasteiger partial charge in [-0.2, -0.15) is 5.10 Å². The number of nitrogens with two attached hydrogens (primary N) is 1. The molecular formula is C16H23N3O. The van der Waals surface area contributed by atoms with Crippen LogP contribution in [0.1, 0.15) is 50.3 Å². The zero-order chi connectivity index (χ0) is 13.9. The summed E-state index contributed by atoms with van der Waals surface area (Å²) in [6.45, 7) is 0. The van der Waals surface area contributed by atoms with Crippen LogP contribution in [0.5, 0.6) is 0 Å². The molecule has 1 aromatic heterocycles. The number of aromatic nitrogens is 2. The number of ketones is 1. The van der Waals surface area contributed by atoms with E-state index < -0.39 is 0 Å². The Bertz CT molecular complexity index is 500. The van der Waals surface area contributed by atoms with Gasteiger partial charge in [0.05, 0.1) is 18.2 Å². The number of nitrogens with zero attached hydrogens (tertiary/aromatic N) is 2. The van der Waals surface area contributed by atoms with Gasteiger partial charge in [0.1, 0.15) is 5.78 Å². The Morgan fingerprint density at radius 3 is 2.80 bits per heavy atom. The van der Waals surface area contributed by atoms with Crippen LogP contribution in [0.2, 0.25) is 0 Å². The second-order valence-corrected chi connectivity index (χ2v) is 6.11. The average molecular weight is 273 g/mol. The molecule has 4 heteroatoms. The van der Waals surface area contributed by atoms with Crippen molar-refractivity contribution in [1.29, 1.82) is 0 Å². The molecule has 0 amide bonds. The summed E-state index contributed by atoms with van der Waals surface area (Å²) in [6, 6.07) is 2.57. The number of carbonyl (C=O) groups is 1. The maximum Gasteiger partial charge on any atom is 0.145 e. The highest BCUT2D eigenvalue weighted by atomic mass is 16.1. The van der Waals surface area contributed by atoms with Crippen molar-refractivity contribution in [3.05, 3.63) is 30.1 Å². The van der Waals surface area contributed by atoms with Crippen molar-refractivity contribution < 1.29 is 4.79 Å². The van der Waals surface area contributed by atoms with Crippen molar-refractivity contribution in [2.24, 2.45) is 11.7 Å².